The second-order valence-electron chi connectivity index (χ2n) is 6.20. The van der Waals surface area contributed by atoms with Crippen LogP contribution < -0.4 is 0 Å². The Morgan fingerprint density at radius 3 is 2.83 bits per heavy atom. The van der Waals surface area contributed by atoms with Gasteiger partial charge in [-0.15, -0.1) is 11.8 Å². The van der Waals surface area contributed by atoms with Gasteiger partial charge in [-0.1, -0.05) is 23.7 Å². The minimum atomic E-state index is 0.103. The van der Waals surface area contributed by atoms with Crippen molar-refractivity contribution in [2.24, 2.45) is 5.92 Å². The predicted octanol–water partition coefficient (Wildman–Crippen LogP) is 4.55. The first kappa shape index (κ1) is 17.5. The van der Waals surface area contributed by atoms with E-state index in [-0.39, 0.29) is 11.7 Å². The number of benzene rings is 1. The number of ketones is 1. The first-order chi connectivity index (χ1) is 11.6. The molecule has 0 atom stereocenters. The maximum atomic E-state index is 12.9. The first-order valence-electron chi connectivity index (χ1n) is 8.18. The summed E-state index contributed by atoms with van der Waals surface area (Å²) in [5.74, 6) is 1.03. The van der Waals surface area contributed by atoms with Crippen molar-refractivity contribution in [2.75, 3.05) is 20.1 Å². The van der Waals surface area contributed by atoms with Crippen LogP contribution in [-0.4, -0.2) is 35.8 Å². The highest BCUT2D eigenvalue weighted by Gasteiger charge is 2.26. The van der Waals surface area contributed by atoms with Crippen LogP contribution in [0.1, 0.15) is 28.9 Å². The third kappa shape index (κ3) is 4.38. The van der Waals surface area contributed by atoms with E-state index in [0.717, 1.165) is 47.2 Å². The SMILES string of the molecule is CN1CCC(C(=O)c2ncccc2CSc2cccc(Cl)c2)CC1. The quantitative estimate of drug-likeness (QED) is 0.578. The van der Waals surface area contributed by atoms with Crippen LogP contribution in [0.15, 0.2) is 47.5 Å². The van der Waals surface area contributed by atoms with Crippen molar-refractivity contribution in [1.29, 1.82) is 0 Å². The molecule has 2 heterocycles. The Hall–Kier alpha value is -1.36. The highest BCUT2D eigenvalue weighted by atomic mass is 35.5. The van der Waals surface area contributed by atoms with Crippen molar-refractivity contribution >= 4 is 29.1 Å². The van der Waals surface area contributed by atoms with E-state index in [9.17, 15) is 4.79 Å². The van der Waals surface area contributed by atoms with Gasteiger partial charge in [0.1, 0.15) is 5.69 Å². The van der Waals surface area contributed by atoms with Crippen LogP contribution in [0, 0.1) is 5.92 Å². The molecule has 1 aliphatic rings. The molecular weight excluding hydrogens is 340 g/mol. The molecule has 0 spiro atoms. The minimum Gasteiger partial charge on any atom is -0.306 e. The fraction of sp³-hybridized carbons (Fsp3) is 0.368. The summed E-state index contributed by atoms with van der Waals surface area (Å²) in [6.07, 6.45) is 3.56. The van der Waals surface area contributed by atoms with Gasteiger partial charge in [-0.05, 0) is 62.8 Å². The molecule has 0 radical (unpaired) electrons. The van der Waals surface area contributed by atoms with E-state index >= 15 is 0 Å². The Balaban J connectivity index is 1.71. The molecule has 1 aromatic carbocycles. The van der Waals surface area contributed by atoms with Gasteiger partial charge in [0, 0.05) is 27.8 Å². The van der Waals surface area contributed by atoms with Gasteiger partial charge in [-0.2, -0.15) is 0 Å². The van der Waals surface area contributed by atoms with E-state index in [0.29, 0.717) is 5.69 Å². The summed E-state index contributed by atoms with van der Waals surface area (Å²) in [4.78, 5) is 20.7. The average Bonchev–Trinajstić information content (AvgIpc) is 2.60. The second-order valence-corrected chi connectivity index (χ2v) is 7.68. The highest BCUT2D eigenvalue weighted by molar-refractivity contribution is 7.98. The third-order valence-corrected chi connectivity index (χ3v) is 5.68. The van der Waals surface area contributed by atoms with Crippen molar-refractivity contribution in [3.8, 4) is 0 Å². The second kappa shape index (κ2) is 8.15. The summed E-state index contributed by atoms with van der Waals surface area (Å²) >= 11 is 7.72. The van der Waals surface area contributed by atoms with Crippen LogP contribution >= 0.6 is 23.4 Å². The van der Waals surface area contributed by atoms with E-state index in [1.807, 2.05) is 36.4 Å². The van der Waals surface area contributed by atoms with E-state index in [2.05, 4.69) is 16.9 Å². The van der Waals surface area contributed by atoms with E-state index in [4.69, 9.17) is 11.6 Å². The maximum Gasteiger partial charge on any atom is 0.184 e. The molecule has 0 unspecified atom stereocenters. The number of hydrogen-bond donors (Lipinski definition) is 0. The van der Waals surface area contributed by atoms with Crippen LogP contribution in [0.4, 0.5) is 0 Å². The average molecular weight is 361 g/mol. The standard InChI is InChI=1S/C19H21ClN2OS/c1-22-10-7-14(8-11-22)19(23)18-15(4-3-9-21-18)13-24-17-6-2-5-16(20)12-17/h2-6,9,12,14H,7-8,10-11,13H2,1H3. The first-order valence-corrected chi connectivity index (χ1v) is 9.55. The van der Waals surface area contributed by atoms with Crippen molar-refractivity contribution in [3.05, 3.63) is 58.9 Å². The molecule has 5 heteroatoms. The summed E-state index contributed by atoms with van der Waals surface area (Å²) in [5, 5.41) is 0.730. The number of rotatable bonds is 5. The van der Waals surface area contributed by atoms with Crippen LogP contribution in [-0.2, 0) is 5.75 Å². The van der Waals surface area contributed by atoms with Gasteiger partial charge in [-0.25, -0.2) is 0 Å². The van der Waals surface area contributed by atoms with Gasteiger partial charge in [0.05, 0.1) is 0 Å². The number of likely N-dealkylation sites (tertiary alicyclic amines) is 1. The molecule has 1 aromatic heterocycles. The number of carbonyl (C=O) groups excluding carboxylic acids is 1. The van der Waals surface area contributed by atoms with Crippen molar-refractivity contribution < 1.29 is 4.79 Å². The van der Waals surface area contributed by atoms with Crippen LogP contribution in [0.2, 0.25) is 5.02 Å². The third-order valence-electron chi connectivity index (χ3n) is 4.40. The highest BCUT2D eigenvalue weighted by Crippen LogP contribution is 2.28. The number of pyridine rings is 1. The lowest BCUT2D eigenvalue weighted by molar-refractivity contribution is 0.0851. The van der Waals surface area contributed by atoms with Crippen molar-refractivity contribution in [2.45, 2.75) is 23.5 Å². The number of nitrogens with zero attached hydrogens (tertiary/aromatic N) is 2. The predicted molar refractivity (Wildman–Crippen MR) is 99.8 cm³/mol. The Morgan fingerprint density at radius 1 is 1.29 bits per heavy atom. The van der Waals surface area contributed by atoms with Crippen LogP contribution in [0.5, 0.6) is 0 Å². The van der Waals surface area contributed by atoms with Crippen molar-refractivity contribution in [1.82, 2.24) is 9.88 Å². The van der Waals surface area contributed by atoms with Gasteiger partial charge in [0.15, 0.2) is 5.78 Å². The lowest BCUT2D eigenvalue weighted by Gasteiger charge is -2.28. The molecule has 2 aromatic rings. The van der Waals surface area contributed by atoms with E-state index in [1.54, 1.807) is 18.0 Å². The number of aromatic nitrogens is 1. The van der Waals surface area contributed by atoms with Crippen molar-refractivity contribution in [3.63, 3.8) is 0 Å². The van der Waals surface area contributed by atoms with Gasteiger partial charge in [-0.3, -0.25) is 9.78 Å². The molecule has 3 rings (SSSR count). The molecule has 0 aliphatic carbocycles. The smallest absolute Gasteiger partial charge is 0.184 e. The van der Waals surface area contributed by atoms with E-state index < -0.39 is 0 Å². The number of piperidine rings is 1. The van der Waals surface area contributed by atoms with Gasteiger partial charge >= 0.3 is 0 Å². The topological polar surface area (TPSA) is 33.2 Å². The Bertz CT molecular complexity index is 714. The number of Topliss-reactive ketones (excluding diaryl/α,β-unsaturated/α-hetero) is 1. The molecule has 0 saturated carbocycles. The molecule has 0 N–H and O–H groups in total. The fourth-order valence-electron chi connectivity index (χ4n) is 2.96. The Labute approximate surface area is 152 Å². The molecule has 24 heavy (non-hydrogen) atoms. The molecule has 0 bridgehead atoms. The zero-order chi connectivity index (χ0) is 16.9. The summed E-state index contributed by atoms with van der Waals surface area (Å²) in [6, 6.07) is 11.7. The Morgan fingerprint density at radius 2 is 2.08 bits per heavy atom. The molecule has 1 fully saturated rings. The monoisotopic (exact) mass is 360 g/mol. The lowest BCUT2D eigenvalue weighted by atomic mass is 9.90. The number of halogens is 1. The largest absolute Gasteiger partial charge is 0.306 e. The molecular formula is C19H21ClN2OS. The molecule has 1 saturated heterocycles. The molecule has 126 valence electrons. The summed E-state index contributed by atoms with van der Waals surface area (Å²) in [7, 11) is 2.11. The zero-order valence-electron chi connectivity index (χ0n) is 13.7. The minimum absolute atomic E-state index is 0.103. The number of carbonyl (C=O) groups is 1. The normalized spacial score (nSPS) is 16.2. The lowest BCUT2D eigenvalue weighted by Crippen LogP contribution is -2.34. The van der Waals surface area contributed by atoms with Crippen LogP contribution in [0.3, 0.4) is 0 Å². The van der Waals surface area contributed by atoms with Gasteiger partial charge in [0.25, 0.3) is 0 Å². The summed E-state index contributed by atoms with van der Waals surface area (Å²) in [5.41, 5.74) is 1.65. The zero-order valence-corrected chi connectivity index (χ0v) is 15.3. The summed E-state index contributed by atoms with van der Waals surface area (Å²) in [6.45, 7) is 1.96. The Kier molecular flexibility index (Phi) is 5.93. The summed E-state index contributed by atoms with van der Waals surface area (Å²) < 4.78 is 0. The molecule has 1 aliphatic heterocycles. The number of thioether (sulfide) groups is 1. The van der Waals surface area contributed by atoms with Crippen LogP contribution in [0.25, 0.3) is 0 Å². The van der Waals surface area contributed by atoms with Gasteiger partial charge < -0.3 is 4.90 Å². The molecule has 0 amide bonds. The number of hydrogen-bond acceptors (Lipinski definition) is 4. The molecule has 3 nitrogen and oxygen atoms in total. The maximum absolute atomic E-state index is 12.9. The van der Waals surface area contributed by atoms with Gasteiger partial charge in [0.2, 0.25) is 0 Å². The van der Waals surface area contributed by atoms with E-state index in [1.165, 1.54) is 0 Å². The fourth-order valence-corrected chi connectivity index (χ4v) is 4.15.